The Balaban J connectivity index is 2.30. The van der Waals surface area contributed by atoms with E-state index in [1.807, 2.05) is 12.1 Å². The molecule has 0 unspecified atom stereocenters. The third kappa shape index (κ3) is 1.30. The minimum Gasteiger partial charge on any atom is -0.398 e. The highest BCUT2D eigenvalue weighted by Gasteiger charge is 2.23. The molecule has 1 aromatic rings. The first-order chi connectivity index (χ1) is 5.81. The first-order valence-corrected chi connectivity index (χ1v) is 4.30. The SMILES string of the molecule is Nc1cc(C2CC2)ccc1CO. The van der Waals surface area contributed by atoms with Crippen molar-refractivity contribution in [3.63, 3.8) is 0 Å². The second-order valence-corrected chi connectivity index (χ2v) is 3.39. The molecule has 2 nitrogen and oxygen atoms in total. The minimum atomic E-state index is 0.0385. The van der Waals surface area contributed by atoms with Gasteiger partial charge in [0.15, 0.2) is 0 Å². The monoisotopic (exact) mass is 163 g/mol. The van der Waals surface area contributed by atoms with E-state index in [1.54, 1.807) is 0 Å². The first kappa shape index (κ1) is 7.62. The molecule has 3 N–H and O–H groups in total. The van der Waals surface area contributed by atoms with E-state index < -0.39 is 0 Å². The van der Waals surface area contributed by atoms with Gasteiger partial charge in [0, 0.05) is 11.3 Å². The van der Waals surface area contributed by atoms with E-state index in [4.69, 9.17) is 10.8 Å². The van der Waals surface area contributed by atoms with Gasteiger partial charge in [-0.1, -0.05) is 12.1 Å². The maximum absolute atomic E-state index is 8.88. The zero-order valence-electron chi connectivity index (χ0n) is 6.96. The number of anilines is 1. The van der Waals surface area contributed by atoms with Crippen molar-refractivity contribution in [2.24, 2.45) is 0 Å². The lowest BCUT2D eigenvalue weighted by Crippen LogP contribution is -1.95. The van der Waals surface area contributed by atoms with Crippen LogP contribution < -0.4 is 5.73 Å². The van der Waals surface area contributed by atoms with Gasteiger partial charge in [-0.3, -0.25) is 0 Å². The van der Waals surface area contributed by atoms with Crippen molar-refractivity contribution in [2.45, 2.75) is 25.4 Å². The summed E-state index contributed by atoms with van der Waals surface area (Å²) < 4.78 is 0. The highest BCUT2D eigenvalue weighted by Crippen LogP contribution is 2.40. The standard InChI is InChI=1S/C10H13NO/c11-10-5-8(7-1-2-7)3-4-9(10)6-12/h3-5,7,12H,1-2,6,11H2. The number of aliphatic hydroxyl groups excluding tert-OH is 1. The van der Waals surface area contributed by atoms with Gasteiger partial charge in [0.25, 0.3) is 0 Å². The van der Waals surface area contributed by atoms with Crippen LogP contribution in [0.15, 0.2) is 18.2 Å². The molecule has 0 bridgehead atoms. The molecule has 2 heteroatoms. The lowest BCUT2D eigenvalue weighted by molar-refractivity contribution is 0.282. The summed E-state index contributed by atoms with van der Waals surface area (Å²) in [5.41, 5.74) is 8.62. The summed E-state index contributed by atoms with van der Waals surface area (Å²) in [5, 5.41) is 8.88. The fraction of sp³-hybridized carbons (Fsp3) is 0.400. The second-order valence-electron chi connectivity index (χ2n) is 3.39. The number of nitrogens with two attached hydrogens (primary N) is 1. The number of aliphatic hydroxyl groups is 1. The summed E-state index contributed by atoms with van der Waals surface area (Å²) in [7, 11) is 0. The molecule has 1 aliphatic carbocycles. The van der Waals surface area contributed by atoms with Crippen molar-refractivity contribution in [1.82, 2.24) is 0 Å². The first-order valence-electron chi connectivity index (χ1n) is 4.30. The molecule has 0 amide bonds. The number of benzene rings is 1. The Morgan fingerprint density at radius 1 is 1.42 bits per heavy atom. The maximum atomic E-state index is 8.88. The average Bonchev–Trinajstić information content (AvgIpc) is 2.86. The number of hydrogen-bond acceptors (Lipinski definition) is 2. The van der Waals surface area contributed by atoms with Crippen LogP contribution in [0.3, 0.4) is 0 Å². The molecule has 12 heavy (non-hydrogen) atoms. The highest BCUT2D eigenvalue weighted by molar-refractivity contribution is 5.50. The zero-order chi connectivity index (χ0) is 8.55. The Labute approximate surface area is 72.0 Å². The number of hydrogen-bond donors (Lipinski definition) is 2. The van der Waals surface area contributed by atoms with Crippen molar-refractivity contribution < 1.29 is 5.11 Å². The fourth-order valence-electron chi connectivity index (χ4n) is 1.43. The Morgan fingerprint density at radius 3 is 2.67 bits per heavy atom. The molecule has 0 aromatic heterocycles. The lowest BCUT2D eigenvalue weighted by atomic mass is 10.1. The van der Waals surface area contributed by atoms with Crippen LogP contribution in [0.2, 0.25) is 0 Å². The van der Waals surface area contributed by atoms with Crippen molar-refractivity contribution >= 4 is 5.69 Å². The highest BCUT2D eigenvalue weighted by atomic mass is 16.3. The van der Waals surface area contributed by atoms with E-state index in [0.717, 1.165) is 17.2 Å². The van der Waals surface area contributed by atoms with Gasteiger partial charge in [0.2, 0.25) is 0 Å². The predicted molar refractivity (Wildman–Crippen MR) is 48.8 cm³/mol. The van der Waals surface area contributed by atoms with Crippen molar-refractivity contribution in [3.05, 3.63) is 29.3 Å². The molecule has 2 rings (SSSR count). The van der Waals surface area contributed by atoms with Gasteiger partial charge in [0.05, 0.1) is 6.61 Å². The smallest absolute Gasteiger partial charge is 0.0701 e. The van der Waals surface area contributed by atoms with Crippen molar-refractivity contribution in [1.29, 1.82) is 0 Å². The van der Waals surface area contributed by atoms with Gasteiger partial charge in [0.1, 0.15) is 0 Å². The maximum Gasteiger partial charge on any atom is 0.0701 e. The van der Waals surface area contributed by atoms with E-state index >= 15 is 0 Å². The largest absolute Gasteiger partial charge is 0.398 e. The van der Waals surface area contributed by atoms with Crippen LogP contribution in [0.1, 0.15) is 29.9 Å². The summed E-state index contributed by atoms with van der Waals surface area (Å²) >= 11 is 0. The third-order valence-electron chi connectivity index (χ3n) is 2.39. The molecule has 0 heterocycles. The summed E-state index contributed by atoms with van der Waals surface area (Å²) in [5.74, 6) is 0.736. The van der Waals surface area contributed by atoms with Crippen LogP contribution in [0.4, 0.5) is 5.69 Å². The third-order valence-corrected chi connectivity index (χ3v) is 2.39. The molecule has 0 aliphatic heterocycles. The number of rotatable bonds is 2. The Hall–Kier alpha value is -1.02. The van der Waals surface area contributed by atoms with E-state index in [1.165, 1.54) is 18.4 Å². The Morgan fingerprint density at radius 2 is 2.17 bits per heavy atom. The van der Waals surface area contributed by atoms with Crippen LogP contribution >= 0.6 is 0 Å². The van der Waals surface area contributed by atoms with E-state index in [-0.39, 0.29) is 6.61 Å². The summed E-state index contributed by atoms with van der Waals surface area (Å²) in [6.07, 6.45) is 2.58. The number of nitrogen functional groups attached to an aromatic ring is 1. The van der Waals surface area contributed by atoms with Crippen LogP contribution in [0.5, 0.6) is 0 Å². The van der Waals surface area contributed by atoms with E-state index in [9.17, 15) is 0 Å². The average molecular weight is 163 g/mol. The Kier molecular flexibility index (Phi) is 1.77. The molecule has 0 radical (unpaired) electrons. The topological polar surface area (TPSA) is 46.2 Å². The van der Waals surface area contributed by atoms with Crippen LogP contribution in [0.25, 0.3) is 0 Å². The normalized spacial score (nSPS) is 16.4. The van der Waals surface area contributed by atoms with E-state index in [2.05, 4.69) is 6.07 Å². The quantitative estimate of drug-likeness (QED) is 0.651. The van der Waals surface area contributed by atoms with Gasteiger partial charge < -0.3 is 10.8 Å². The van der Waals surface area contributed by atoms with Gasteiger partial charge in [-0.05, 0) is 30.4 Å². The van der Waals surface area contributed by atoms with Gasteiger partial charge in [-0.2, -0.15) is 0 Å². The fourth-order valence-corrected chi connectivity index (χ4v) is 1.43. The molecule has 0 spiro atoms. The molecule has 1 aromatic carbocycles. The van der Waals surface area contributed by atoms with Crippen LogP contribution in [-0.4, -0.2) is 5.11 Å². The molecular formula is C10H13NO. The van der Waals surface area contributed by atoms with Crippen molar-refractivity contribution in [2.75, 3.05) is 5.73 Å². The summed E-state index contributed by atoms with van der Waals surface area (Å²) in [6, 6.07) is 5.98. The molecule has 0 atom stereocenters. The molecule has 64 valence electrons. The van der Waals surface area contributed by atoms with Gasteiger partial charge >= 0.3 is 0 Å². The Bertz CT molecular complexity index is 292. The molecule has 1 aliphatic rings. The lowest BCUT2D eigenvalue weighted by Gasteiger charge is -2.04. The van der Waals surface area contributed by atoms with Crippen molar-refractivity contribution in [3.8, 4) is 0 Å². The van der Waals surface area contributed by atoms with E-state index in [0.29, 0.717) is 0 Å². The van der Waals surface area contributed by atoms with Gasteiger partial charge in [-0.25, -0.2) is 0 Å². The molecule has 0 saturated heterocycles. The molecule has 1 fully saturated rings. The molecular weight excluding hydrogens is 150 g/mol. The predicted octanol–water partition coefficient (Wildman–Crippen LogP) is 1.64. The molecule has 1 saturated carbocycles. The summed E-state index contributed by atoms with van der Waals surface area (Å²) in [6.45, 7) is 0.0385. The van der Waals surface area contributed by atoms with Crippen LogP contribution in [0, 0.1) is 0 Å². The van der Waals surface area contributed by atoms with Gasteiger partial charge in [-0.15, -0.1) is 0 Å². The second kappa shape index (κ2) is 2.79. The summed E-state index contributed by atoms with van der Waals surface area (Å²) in [4.78, 5) is 0. The van der Waals surface area contributed by atoms with Crippen LogP contribution in [-0.2, 0) is 6.61 Å². The minimum absolute atomic E-state index is 0.0385. The zero-order valence-corrected chi connectivity index (χ0v) is 6.96.